The van der Waals surface area contributed by atoms with E-state index in [2.05, 4.69) is 27.7 Å². The third-order valence-corrected chi connectivity index (χ3v) is 5.06. The Bertz CT molecular complexity index is 287. The number of hydrogen-bond donors (Lipinski definition) is 1. The SMILES string of the molecule is CCOC1(C(O)CCC(C)(C)OC)CCC(C)(C)CC1. The molecule has 1 fully saturated rings. The van der Waals surface area contributed by atoms with Gasteiger partial charge in [0.15, 0.2) is 0 Å². The first kappa shape index (κ1) is 17.9. The molecule has 0 aromatic rings. The minimum atomic E-state index is -0.395. The lowest BCUT2D eigenvalue weighted by atomic mass is 9.68. The summed E-state index contributed by atoms with van der Waals surface area (Å²) >= 11 is 0. The first-order chi connectivity index (χ1) is 9.16. The van der Waals surface area contributed by atoms with E-state index in [1.807, 2.05) is 6.92 Å². The number of ether oxygens (including phenoxy) is 2. The molecule has 0 aromatic heterocycles. The third-order valence-electron chi connectivity index (χ3n) is 5.06. The molecule has 0 radical (unpaired) electrons. The van der Waals surface area contributed by atoms with Crippen LogP contribution in [0.4, 0.5) is 0 Å². The molecule has 3 nitrogen and oxygen atoms in total. The second-order valence-corrected chi connectivity index (χ2v) is 7.68. The van der Waals surface area contributed by atoms with Crippen LogP contribution in [0.2, 0.25) is 0 Å². The molecule has 0 bridgehead atoms. The van der Waals surface area contributed by atoms with Crippen molar-refractivity contribution in [3.63, 3.8) is 0 Å². The predicted octanol–water partition coefficient (Wildman–Crippen LogP) is 3.93. The van der Waals surface area contributed by atoms with Gasteiger partial charge in [0.1, 0.15) is 0 Å². The highest BCUT2D eigenvalue weighted by atomic mass is 16.5. The summed E-state index contributed by atoms with van der Waals surface area (Å²) in [5, 5.41) is 10.7. The van der Waals surface area contributed by atoms with Crippen LogP contribution in [0.25, 0.3) is 0 Å². The monoisotopic (exact) mass is 286 g/mol. The van der Waals surface area contributed by atoms with E-state index in [9.17, 15) is 5.11 Å². The van der Waals surface area contributed by atoms with Crippen LogP contribution in [0.1, 0.15) is 73.1 Å². The molecule has 1 saturated carbocycles. The Hall–Kier alpha value is -0.120. The summed E-state index contributed by atoms with van der Waals surface area (Å²) in [7, 11) is 1.73. The molecule has 0 heterocycles. The van der Waals surface area contributed by atoms with Crippen molar-refractivity contribution in [2.75, 3.05) is 13.7 Å². The van der Waals surface area contributed by atoms with Gasteiger partial charge in [0.2, 0.25) is 0 Å². The average Bonchev–Trinajstić information content (AvgIpc) is 2.39. The molecule has 20 heavy (non-hydrogen) atoms. The van der Waals surface area contributed by atoms with Gasteiger partial charge < -0.3 is 14.6 Å². The van der Waals surface area contributed by atoms with Crippen LogP contribution in [-0.2, 0) is 9.47 Å². The van der Waals surface area contributed by atoms with Crippen LogP contribution in [0, 0.1) is 5.41 Å². The summed E-state index contributed by atoms with van der Waals surface area (Å²) in [6, 6.07) is 0. The summed E-state index contributed by atoms with van der Waals surface area (Å²) in [6.45, 7) is 11.4. The van der Waals surface area contributed by atoms with Crippen molar-refractivity contribution in [2.45, 2.75) is 90.4 Å². The minimum absolute atomic E-state index is 0.178. The average molecular weight is 286 g/mol. The topological polar surface area (TPSA) is 38.7 Å². The maximum atomic E-state index is 10.7. The van der Waals surface area contributed by atoms with Gasteiger partial charge in [0.05, 0.1) is 17.3 Å². The fourth-order valence-corrected chi connectivity index (χ4v) is 3.06. The van der Waals surface area contributed by atoms with Gasteiger partial charge in [0, 0.05) is 13.7 Å². The molecule has 1 aliphatic rings. The zero-order valence-corrected chi connectivity index (χ0v) is 14.3. The Morgan fingerprint density at radius 2 is 1.70 bits per heavy atom. The second kappa shape index (κ2) is 6.76. The fraction of sp³-hybridized carbons (Fsp3) is 1.00. The van der Waals surface area contributed by atoms with E-state index in [0.717, 1.165) is 38.5 Å². The number of methoxy groups -OCH3 is 1. The summed E-state index contributed by atoms with van der Waals surface area (Å²) in [5.41, 5.74) is -0.136. The largest absolute Gasteiger partial charge is 0.390 e. The molecule has 3 heteroatoms. The van der Waals surface area contributed by atoms with Gasteiger partial charge in [-0.25, -0.2) is 0 Å². The normalized spacial score (nSPS) is 23.6. The quantitative estimate of drug-likeness (QED) is 0.770. The lowest BCUT2D eigenvalue weighted by Gasteiger charge is -2.46. The maximum Gasteiger partial charge on any atom is 0.0940 e. The highest BCUT2D eigenvalue weighted by molar-refractivity contribution is 4.96. The van der Waals surface area contributed by atoms with Crippen molar-refractivity contribution in [3.05, 3.63) is 0 Å². The molecule has 1 atom stereocenters. The van der Waals surface area contributed by atoms with E-state index in [-0.39, 0.29) is 11.2 Å². The van der Waals surface area contributed by atoms with Crippen LogP contribution in [0.3, 0.4) is 0 Å². The summed E-state index contributed by atoms with van der Waals surface area (Å²) in [4.78, 5) is 0. The molecule has 0 aliphatic heterocycles. The van der Waals surface area contributed by atoms with Crippen molar-refractivity contribution in [1.82, 2.24) is 0 Å². The van der Waals surface area contributed by atoms with E-state index >= 15 is 0 Å². The molecule has 120 valence electrons. The fourth-order valence-electron chi connectivity index (χ4n) is 3.06. The number of hydrogen-bond acceptors (Lipinski definition) is 3. The third kappa shape index (κ3) is 4.71. The Balaban J connectivity index is 2.66. The van der Waals surface area contributed by atoms with Gasteiger partial charge in [-0.15, -0.1) is 0 Å². The van der Waals surface area contributed by atoms with Gasteiger partial charge in [-0.3, -0.25) is 0 Å². The Morgan fingerprint density at radius 3 is 2.15 bits per heavy atom. The van der Waals surface area contributed by atoms with Gasteiger partial charge >= 0.3 is 0 Å². The molecule has 0 saturated heterocycles. The van der Waals surface area contributed by atoms with Crippen LogP contribution in [-0.4, -0.2) is 36.1 Å². The summed E-state index contributed by atoms with van der Waals surface area (Å²) in [6.07, 6.45) is 5.36. The van der Waals surface area contributed by atoms with Gasteiger partial charge in [-0.05, 0) is 64.7 Å². The van der Waals surface area contributed by atoms with Crippen LogP contribution >= 0.6 is 0 Å². The van der Waals surface area contributed by atoms with Crippen LogP contribution in [0.5, 0.6) is 0 Å². The predicted molar refractivity (Wildman–Crippen MR) is 82.9 cm³/mol. The molecule has 1 rings (SSSR count). The van der Waals surface area contributed by atoms with E-state index in [4.69, 9.17) is 9.47 Å². The van der Waals surface area contributed by atoms with Crippen molar-refractivity contribution in [3.8, 4) is 0 Å². The molecule has 1 aliphatic carbocycles. The molecular weight excluding hydrogens is 252 g/mol. The zero-order valence-electron chi connectivity index (χ0n) is 14.3. The zero-order chi connectivity index (χ0) is 15.4. The first-order valence-corrected chi connectivity index (χ1v) is 8.04. The highest BCUT2D eigenvalue weighted by Crippen LogP contribution is 2.44. The molecular formula is C17H34O3. The number of rotatable bonds is 7. The number of aliphatic hydroxyl groups is 1. The van der Waals surface area contributed by atoms with Gasteiger partial charge in [-0.2, -0.15) is 0 Å². The lowest BCUT2D eigenvalue weighted by molar-refractivity contribution is -0.156. The second-order valence-electron chi connectivity index (χ2n) is 7.68. The van der Waals surface area contributed by atoms with E-state index in [0.29, 0.717) is 12.0 Å². The molecule has 0 spiro atoms. The van der Waals surface area contributed by atoms with E-state index in [1.165, 1.54) is 0 Å². The molecule has 0 amide bonds. The molecule has 1 N–H and O–H groups in total. The minimum Gasteiger partial charge on any atom is -0.390 e. The first-order valence-electron chi connectivity index (χ1n) is 8.04. The maximum absolute atomic E-state index is 10.7. The van der Waals surface area contributed by atoms with Gasteiger partial charge in [-0.1, -0.05) is 13.8 Å². The number of aliphatic hydroxyl groups excluding tert-OH is 1. The van der Waals surface area contributed by atoms with E-state index < -0.39 is 6.10 Å². The Kier molecular flexibility index (Phi) is 6.06. The summed E-state index contributed by atoms with van der Waals surface area (Å²) < 4.78 is 11.5. The van der Waals surface area contributed by atoms with Gasteiger partial charge in [0.25, 0.3) is 0 Å². The van der Waals surface area contributed by atoms with Crippen molar-refractivity contribution in [2.24, 2.45) is 5.41 Å². The van der Waals surface area contributed by atoms with Crippen molar-refractivity contribution < 1.29 is 14.6 Å². The van der Waals surface area contributed by atoms with Crippen LogP contribution < -0.4 is 0 Å². The summed E-state index contributed by atoms with van der Waals surface area (Å²) in [5.74, 6) is 0. The standard InChI is InChI=1S/C17H34O3/c1-7-20-17(12-10-15(2,3)11-13-17)14(18)8-9-16(4,5)19-6/h14,18H,7-13H2,1-6H3. The molecule has 0 aromatic carbocycles. The lowest BCUT2D eigenvalue weighted by Crippen LogP contribution is -2.49. The van der Waals surface area contributed by atoms with E-state index in [1.54, 1.807) is 7.11 Å². The van der Waals surface area contributed by atoms with Crippen LogP contribution in [0.15, 0.2) is 0 Å². The Labute approximate surface area is 125 Å². The Morgan fingerprint density at radius 1 is 1.15 bits per heavy atom. The smallest absolute Gasteiger partial charge is 0.0940 e. The highest BCUT2D eigenvalue weighted by Gasteiger charge is 2.44. The van der Waals surface area contributed by atoms with Crippen molar-refractivity contribution in [1.29, 1.82) is 0 Å². The van der Waals surface area contributed by atoms with Crippen molar-refractivity contribution >= 4 is 0 Å². The molecule has 1 unspecified atom stereocenters.